The lowest BCUT2D eigenvalue weighted by Crippen LogP contribution is -2.37. The summed E-state index contributed by atoms with van der Waals surface area (Å²) in [6.07, 6.45) is 4.24. The molecule has 1 aliphatic heterocycles. The minimum Gasteiger partial charge on any atom is -0.497 e. The number of ether oxygens (including phenoxy) is 2. The summed E-state index contributed by atoms with van der Waals surface area (Å²) in [5, 5.41) is 5.48. The lowest BCUT2D eigenvalue weighted by molar-refractivity contribution is 0.163. The van der Waals surface area contributed by atoms with Crippen LogP contribution in [-0.4, -0.2) is 31.3 Å². The van der Waals surface area contributed by atoms with E-state index in [4.69, 9.17) is 9.47 Å². The fourth-order valence-electron chi connectivity index (χ4n) is 2.43. The van der Waals surface area contributed by atoms with Crippen molar-refractivity contribution >= 4 is 10.8 Å². The van der Waals surface area contributed by atoms with Crippen LogP contribution < -0.4 is 14.8 Å². The van der Waals surface area contributed by atoms with E-state index in [1.54, 1.807) is 13.3 Å². The first kappa shape index (κ1) is 12.2. The van der Waals surface area contributed by atoms with Gasteiger partial charge in [0.1, 0.15) is 11.9 Å². The number of fused-ring (bicyclic) bond motifs is 1. The van der Waals surface area contributed by atoms with Crippen molar-refractivity contribution in [1.82, 2.24) is 10.3 Å². The van der Waals surface area contributed by atoms with Crippen LogP contribution in [0.2, 0.25) is 0 Å². The van der Waals surface area contributed by atoms with E-state index in [0.29, 0.717) is 5.88 Å². The molecule has 0 amide bonds. The van der Waals surface area contributed by atoms with Gasteiger partial charge in [0.2, 0.25) is 5.88 Å². The molecule has 1 fully saturated rings. The maximum Gasteiger partial charge on any atom is 0.221 e. The highest BCUT2D eigenvalue weighted by molar-refractivity contribution is 5.87. The van der Waals surface area contributed by atoms with Crippen LogP contribution in [0.3, 0.4) is 0 Å². The Morgan fingerprint density at radius 2 is 2.26 bits per heavy atom. The van der Waals surface area contributed by atoms with E-state index in [1.165, 1.54) is 0 Å². The lowest BCUT2D eigenvalue weighted by atomic mass is 10.1. The molecule has 1 aromatic carbocycles. The van der Waals surface area contributed by atoms with Crippen molar-refractivity contribution in [3.8, 4) is 11.6 Å². The second-order valence-corrected chi connectivity index (χ2v) is 4.79. The molecule has 4 heteroatoms. The fourth-order valence-corrected chi connectivity index (χ4v) is 2.43. The van der Waals surface area contributed by atoms with Gasteiger partial charge in [0.05, 0.1) is 7.11 Å². The molecular weight excluding hydrogens is 240 g/mol. The summed E-state index contributed by atoms with van der Waals surface area (Å²) in [5.41, 5.74) is 0. The van der Waals surface area contributed by atoms with E-state index < -0.39 is 0 Å². The highest BCUT2D eigenvalue weighted by atomic mass is 16.5. The molecule has 0 radical (unpaired) electrons. The first-order valence-corrected chi connectivity index (χ1v) is 6.67. The number of nitrogens with zero attached hydrogens (tertiary/aromatic N) is 1. The van der Waals surface area contributed by atoms with Crippen LogP contribution in [0.15, 0.2) is 30.5 Å². The van der Waals surface area contributed by atoms with Gasteiger partial charge in [0.15, 0.2) is 0 Å². The number of hydrogen-bond acceptors (Lipinski definition) is 4. The van der Waals surface area contributed by atoms with Crippen LogP contribution >= 0.6 is 0 Å². The van der Waals surface area contributed by atoms with Crippen molar-refractivity contribution in [3.05, 3.63) is 30.5 Å². The van der Waals surface area contributed by atoms with Gasteiger partial charge in [-0.05, 0) is 49.0 Å². The Labute approximate surface area is 112 Å². The highest BCUT2D eigenvalue weighted by Gasteiger charge is 2.16. The van der Waals surface area contributed by atoms with Crippen LogP contribution in [0.5, 0.6) is 11.6 Å². The second kappa shape index (κ2) is 5.45. The molecule has 0 unspecified atom stereocenters. The zero-order valence-electron chi connectivity index (χ0n) is 11.1. The standard InChI is InChI=1S/C15H18N2O2/c1-18-12-4-5-14-11(9-12)6-8-17-15(14)19-13-3-2-7-16-10-13/h4-6,8-9,13,16H,2-3,7,10H2,1H3/t13-/m0/s1. The number of pyridine rings is 1. The molecule has 2 heterocycles. The monoisotopic (exact) mass is 258 g/mol. The van der Waals surface area contributed by atoms with Gasteiger partial charge in [-0.15, -0.1) is 0 Å². The van der Waals surface area contributed by atoms with Crippen LogP contribution in [0.1, 0.15) is 12.8 Å². The fraction of sp³-hybridized carbons (Fsp3) is 0.400. The SMILES string of the molecule is COc1ccc2c(O[C@H]3CCCNC3)nccc2c1. The molecule has 19 heavy (non-hydrogen) atoms. The van der Waals surface area contributed by atoms with E-state index >= 15 is 0 Å². The van der Waals surface area contributed by atoms with E-state index in [2.05, 4.69) is 10.3 Å². The average Bonchev–Trinajstić information content (AvgIpc) is 2.48. The zero-order chi connectivity index (χ0) is 13.1. The Kier molecular flexibility index (Phi) is 3.51. The third-order valence-electron chi connectivity index (χ3n) is 3.46. The molecule has 100 valence electrons. The maximum absolute atomic E-state index is 6.03. The Balaban J connectivity index is 1.90. The molecular formula is C15H18N2O2. The van der Waals surface area contributed by atoms with Gasteiger partial charge in [-0.3, -0.25) is 0 Å². The summed E-state index contributed by atoms with van der Waals surface area (Å²) in [6, 6.07) is 7.93. The van der Waals surface area contributed by atoms with E-state index in [1.807, 2.05) is 24.3 Å². The molecule has 1 atom stereocenters. The Morgan fingerprint density at radius 3 is 3.05 bits per heavy atom. The first-order valence-electron chi connectivity index (χ1n) is 6.67. The summed E-state index contributed by atoms with van der Waals surface area (Å²) in [6.45, 7) is 1.98. The largest absolute Gasteiger partial charge is 0.497 e. The quantitative estimate of drug-likeness (QED) is 0.918. The lowest BCUT2D eigenvalue weighted by Gasteiger charge is -2.23. The Morgan fingerprint density at radius 1 is 1.32 bits per heavy atom. The van der Waals surface area contributed by atoms with Crippen molar-refractivity contribution in [2.24, 2.45) is 0 Å². The molecule has 1 saturated heterocycles. The van der Waals surface area contributed by atoms with Crippen LogP contribution in [0.4, 0.5) is 0 Å². The molecule has 1 N–H and O–H groups in total. The minimum absolute atomic E-state index is 0.217. The van der Waals surface area contributed by atoms with Gasteiger partial charge in [0, 0.05) is 18.1 Å². The molecule has 1 aromatic heterocycles. The summed E-state index contributed by atoms with van der Waals surface area (Å²) in [7, 11) is 1.67. The van der Waals surface area contributed by atoms with Crippen molar-refractivity contribution in [2.75, 3.05) is 20.2 Å². The van der Waals surface area contributed by atoms with Crippen molar-refractivity contribution in [2.45, 2.75) is 18.9 Å². The number of piperidine rings is 1. The molecule has 4 nitrogen and oxygen atoms in total. The van der Waals surface area contributed by atoms with Gasteiger partial charge < -0.3 is 14.8 Å². The van der Waals surface area contributed by atoms with Gasteiger partial charge >= 0.3 is 0 Å². The summed E-state index contributed by atoms with van der Waals surface area (Å²) >= 11 is 0. The first-order chi connectivity index (χ1) is 9.36. The topological polar surface area (TPSA) is 43.4 Å². The van der Waals surface area contributed by atoms with Crippen molar-refractivity contribution in [3.63, 3.8) is 0 Å². The zero-order valence-corrected chi connectivity index (χ0v) is 11.1. The molecule has 0 saturated carbocycles. The van der Waals surface area contributed by atoms with Gasteiger partial charge in [-0.25, -0.2) is 4.98 Å². The second-order valence-electron chi connectivity index (χ2n) is 4.79. The van der Waals surface area contributed by atoms with Gasteiger partial charge in [-0.2, -0.15) is 0 Å². The van der Waals surface area contributed by atoms with Gasteiger partial charge in [0.25, 0.3) is 0 Å². The van der Waals surface area contributed by atoms with E-state index in [0.717, 1.165) is 42.5 Å². The van der Waals surface area contributed by atoms with Crippen molar-refractivity contribution < 1.29 is 9.47 Å². The maximum atomic E-state index is 6.03. The molecule has 1 aliphatic rings. The van der Waals surface area contributed by atoms with Crippen LogP contribution in [0, 0.1) is 0 Å². The third kappa shape index (κ3) is 2.63. The minimum atomic E-state index is 0.217. The predicted molar refractivity (Wildman–Crippen MR) is 74.8 cm³/mol. The number of nitrogens with one attached hydrogen (secondary N) is 1. The number of aromatic nitrogens is 1. The predicted octanol–water partition coefficient (Wildman–Crippen LogP) is 2.37. The third-order valence-corrected chi connectivity index (χ3v) is 3.46. The van der Waals surface area contributed by atoms with Crippen molar-refractivity contribution in [1.29, 1.82) is 0 Å². The van der Waals surface area contributed by atoms with Crippen LogP contribution in [0.25, 0.3) is 10.8 Å². The molecule has 0 bridgehead atoms. The summed E-state index contributed by atoms with van der Waals surface area (Å²) in [5.74, 6) is 1.57. The Bertz CT molecular complexity index is 565. The molecule has 2 aromatic rings. The molecule has 3 rings (SSSR count). The summed E-state index contributed by atoms with van der Waals surface area (Å²) < 4.78 is 11.3. The molecule has 0 spiro atoms. The van der Waals surface area contributed by atoms with Gasteiger partial charge in [-0.1, -0.05) is 0 Å². The highest BCUT2D eigenvalue weighted by Crippen LogP contribution is 2.27. The van der Waals surface area contributed by atoms with Crippen LogP contribution in [-0.2, 0) is 0 Å². The van der Waals surface area contributed by atoms with E-state index in [-0.39, 0.29) is 6.10 Å². The number of benzene rings is 1. The Hall–Kier alpha value is -1.81. The van der Waals surface area contributed by atoms with E-state index in [9.17, 15) is 0 Å². The average molecular weight is 258 g/mol. The normalized spacial score (nSPS) is 19.3. The number of hydrogen-bond donors (Lipinski definition) is 1. The summed E-state index contributed by atoms with van der Waals surface area (Å²) in [4.78, 5) is 4.37. The number of rotatable bonds is 3. The number of methoxy groups -OCH3 is 1. The molecule has 0 aliphatic carbocycles. The smallest absolute Gasteiger partial charge is 0.221 e.